The number of nitrogens with zero attached hydrogens (tertiary/aromatic N) is 1. The monoisotopic (exact) mass is 364 g/mol. The number of hydrazone groups is 1. The summed E-state index contributed by atoms with van der Waals surface area (Å²) in [5.74, 6) is 0.209. The number of hydrogen-bond acceptors (Lipinski definition) is 4. The third-order valence-electron chi connectivity index (χ3n) is 3.56. The molecule has 0 amide bonds. The van der Waals surface area contributed by atoms with Crippen LogP contribution in [-0.2, 0) is 17.3 Å². The second-order valence-corrected chi connectivity index (χ2v) is 5.52. The molecule has 4 nitrogen and oxygen atoms in total. The van der Waals surface area contributed by atoms with E-state index in [4.69, 9.17) is 4.74 Å². The van der Waals surface area contributed by atoms with Gasteiger partial charge in [0.25, 0.3) is 0 Å². The number of nitrogens with one attached hydrogen (secondary N) is 1. The van der Waals surface area contributed by atoms with Gasteiger partial charge in [-0.15, -0.1) is 5.10 Å². The number of rotatable bonds is 6. The minimum absolute atomic E-state index is 0.0410. The predicted molar refractivity (Wildman–Crippen MR) is 94.3 cm³/mol. The Morgan fingerprint density at radius 1 is 1.12 bits per heavy atom. The summed E-state index contributed by atoms with van der Waals surface area (Å²) in [7, 11) is 0. The fraction of sp³-hybridized carbons (Fsp3) is 0.263. The maximum absolute atomic E-state index is 13.0. The molecule has 0 radical (unpaired) electrons. The first-order valence-corrected chi connectivity index (χ1v) is 8.02. The van der Waals surface area contributed by atoms with Crippen LogP contribution in [0.5, 0.6) is 0 Å². The van der Waals surface area contributed by atoms with E-state index in [1.54, 1.807) is 31.2 Å². The second-order valence-electron chi connectivity index (χ2n) is 5.52. The average molecular weight is 364 g/mol. The molecular formula is C19H19F3N2O2. The number of hydrogen-bond donors (Lipinski definition) is 1. The highest BCUT2D eigenvalue weighted by Crippen LogP contribution is 2.34. The van der Waals surface area contributed by atoms with Crippen molar-refractivity contribution in [2.45, 2.75) is 26.4 Å². The molecule has 138 valence electrons. The van der Waals surface area contributed by atoms with Crippen molar-refractivity contribution in [3.05, 3.63) is 65.2 Å². The normalized spacial score (nSPS) is 12.0. The summed E-state index contributed by atoms with van der Waals surface area (Å²) in [6.07, 6.45) is -4.19. The van der Waals surface area contributed by atoms with E-state index < -0.39 is 11.7 Å². The fourth-order valence-corrected chi connectivity index (χ4v) is 2.27. The van der Waals surface area contributed by atoms with Crippen LogP contribution in [0.25, 0.3) is 0 Å². The number of ketones is 1. The highest BCUT2D eigenvalue weighted by molar-refractivity contribution is 5.94. The average Bonchev–Trinajstić information content (AvgIpc) is 2.60. The van der Waals surface area contributed by atoms with Crippen LogP contribution in [0.4, 0.5) is 18.9 Å². The Morgan fingerprint density at radius 3 is 2.35 bits per heavy atom. The van der Waals surface area contributed by atoms with Gasteiger partial charge in [0.15, 0.2) is 5.78 Å². The number of ether oxygens (including phenoxy) is 1. The molecule has 26 heavy (non-hydrogen) atoms. The molecule has 0 fully saturated rings. The van der Waals surface area contributed by atoms with Gasteiger partial charge in [0.05, 0.1) is 24.3 Å². The number of carbonyl (C=O) groups excluding carboxylic acids is 1. The Hall–Kier alpha value is -2.83. The maximum atomic E-state index is 13.0. The van der Waals surface area contributed by atoms with Crippen LogP contribution in [0.1, 0.15) is 35.3 Å². The van der Waals surface area contributed by atoms with Crippen LogP contribution in [0, 0.1) is 0 Å². The van der Waals surface area contributed by atoms with Crippen molar-refractivity contribution >= 4 is 17.4 Å². The molecule has 0 aliphatic rings. The largest absolute Gasteiger partial charge is 0.480 e. The zero-order chi connectivity index (χ0) is 19.2. The molecule has 0 unspecified atom stereocenters. The number of Topliss-reactive ketones (excluding diaryl/α,β-unsaturated/α-hetero) is 1. The Morgan fingerprint density at radius 2 is 1.77 bits per heavy atom. The van der Waals surface area contributed by atoms with Gasteiger partial charge in [0.1, 0.15) is 0 Å². The van der Waals surface area contributed by atoms with Gasteiger partial charge < -0.3 is 4.74 Å². The lowest BCUT2D eigenvalue weighted by Gasteiger charge is -2.13. The fourth-order valence-electron chi connectivity index (χ4n) is 2.27. The van der Waals surface area contributed by atoms with E-state index in [9.17, 15) is 18.0 Å². The summed E-state index contributed by atoms with van der Waals surface area (Å²) < 4.78 is 44.5. The van der Waals surface area contributed by atoms with E-state index in [1.165, 1.54) is 25.1 Å². The molecule has 1 N–H and O–H groups in total. The molecular weight excluding hydrogens is 345 g/mol. The van der Waals surface area contributed by atoms with Crippen LogP contribution in [0.15, 0.2) is 53.6 Å². The molecule has 2 aromatic carbocycles. The van der Waals surface area contributed by atoms with Gasteiger partial charge in [-0.2, -0.15) is 13.2 Å². The zero-order valence-electron chi connectivity index (χ0n) is 14.4. The van der Waals surface area contributed by atoms with Crippen LogP contribution in [-0.4, -0.2) is 18.3 Å². The quantitative estimate of drug-likeness (QED) is 0.343. The summed E-state index contributed by atoms with van der Waals surface area (Å²) in [4.78, 5) is 11.3. The van der Waals surface area contributed by atoms with Crippen molar-refractivity contribution in [1.82, 2.24) is 0 Å². The zero-order valence-corrected chi connectivity index (χ0v) is 14.4. The predicted octanol–water partition coefficient (Wildman–Crippen LogP) is 4.91. The van der Waals surface area contributed by atoms with Crippen molar-refractivity contribution in [1.29, 1.82) is 0 Å². The number of anilines is 1. The van der Waals surface area contributed by atoms with E-state index >= 15 is 0 Å². The molecule has 0 saturated carbocycles. The van der Waals surface area contributed by atoms with E-state index in [2.05, 4.69) is 10.5 Å². The minimum Gasteiger partial charge on any atom is -0.480 e. The molecule has 0 saturated heterocycles. The van der Waals surface area contributed by atoms with Crippen LogP contribution < -0.4 is 5.43 Å². The van der Waals surface area contributed by atoms with Gasteiger partial charge in [-0.05, 0) is 31.5 Å². The SMILES string of the molecule is CCOC(Cc1ccc(C(C)=O)cc1)=NNc1ccccc1C(F)(F)F. The van der Waals surface area contributed by atoms with E-state index in [0.29, 0.717) is 12.2 Å². The molecule has 2 rings (SSSR count). The Kier molecular flexibility index (Phi) is 6.38. The molecule has 0 aliphatic heterocycles. The first-order chi connectivity index (χ1) is 12.3. The number of carbonyl (C=O) groups is 1. The van der Waals surface area contributed by atoms with Crippen molar-refractivity contribution in [2.75, 3.05) is 12.0 Å². The molecule has 2 aromatic rings. The number of para-hydroxylation sites is 1. The molecule has 0 aromatic heterocycles. The first kappa shape index (κ1) is 19.5. The smallest absolute Gasteiger partial charge is 0.418 e. The standard InChI is InChI=1S/C19H19F3N2O2/c1-3-26-18(12-14-8-10-15(11-9-14)13(2)25)24-23-17-7-5-4-6-16(17)19(20,21)22/h4-11,23H,3,12H2,1-2H3. The highest BCUT2D eigenvalue weighted by Gasteiger charge is 2.33. The van der Waals surface area contributed by atoms with Gasteiger partial charge in [-0.1, -0.05) is 36.4 Å². The molecule has 0 heterocycles. The first-order valence-electron chi connectivity index (χ1n) is 8.02. The second kappa shape index (κ2) is 8.51. The summed E-state index contributed by atoms with van der Waals surface area (Å²) in [5.41, 5.74) is 2.91. The van der Waals surface area contributed by atoms with Crippen LogP contribution in [0.3, 0.4) is 0 Å². The molecule has 7 heteroatoms. The molecule has 0 bridgehead atoms. The van der Waals surface area contributed by atoms with Crippen molar-refractivity contribution in [3.8, 4) is 0 Å². The van der Waals surface area contributed by atoms with Gasteiger partial charge in [0, 0.05) is 5.56 Å². The van der Waals surface area contributed by atoms with Gasteiger partial charge in [0.2, 0.25) is 5.90 Å². The summed E-state index contributed by atoms with van der Waals surface area (Å²) in [6, 6.07) is 12.0. The number of alkyl halides is 3. The lowest BCUT2D eigenvalue weighted by molar-refractivity contribution is -0.137. The summed E-state index contributed by atoms with van der Waals surface area (Å²) >= 11 is 0. The minimum atomic E-state index is -4.48. The van der Waals surface area contributed by atoms with Gasteiger partial charge in [-0.3, -0.25) is 10.2 Å². The third kappa shape index (κ3) is 5.34. The Labute approximate surface area is 149 Å². The number of benzene rings is 2. The van der Waals surface area contributed by atoms with E-state index in [-0.39, 0.29) is 23.8 Å². The van der Waals surface area contributed by atoms with Crippen molar-refractivity contribution in [2.24, 2.45) is 5.10 Å². The van der Waals surface area contributed by atoms with E-state index in [0.717, 1.165) is 11.6 Å². The van der Waals surface area contributed by atoms with Gasteiger partial charge in [-0.25, -0.2) is 0 Å². The highest BCUT2D eigenvalue weighted by atomic mass is 19.4. The molecule has 0 atom stereocenters. The van der Waals surface area contributed by atoms with Crippen LogP contribution in [0.2, 0.25) is 0 Å². The lowest BCUT2D eigenvalue weighted by atomic mass is 10.1. The van der Waals surface area contributed by atoms with Crippen molar-refractivity contribution in [3.63, 3.8) is 0 Å². The van der Waals surface area contributed by atoms with Crippen LogP contribution >= 0.6 is 0 Å². The summed E-state index contributed by atoms with van der Waals surface area (Å²) in [5, 5.41) is 3.99. The van der Waals surface area contributed by atoms with Gasteiger partial charge >= 0.3 is 6.18 Å². The number of halogens is 3. The lowest BCUT2D eigenvalue weighted by Crippen LogP contribution is -2.13. The molecule has 0 aliphatic carbocycles. The molecule has 0 spiro atoms. The third-order valence-corrected chi connectivity index (χ3v) is 3.56. The summed E-state index contributed by atoms with van der Waals surface area (Å²) in [6.45, 7) is 3.56. The Bertz CT molecular complexity index is 784. The maximum Gasteiger partial charge on any atom is 0.418 e. The topological polar surface area (TPSA) is 50.7 Å². The Balaban J connectivity index is 2.18. The van der Waals surface area contributed by atoms with Crippen molar-refractivity contribution < 1.29 is 22.7 Å². The van der Waals surface area contributed by atoms with E-state index in [1.807, 2.05) is 0 Å².